The van der Waals surface area contributed by atoms with Gasteiger partial charge < -0.3 is 37.9 Å². The molecule has 45 heavy (non-hydrogen) atoms. The van der Waals surface area contributed by atoms with Gasteiger partial charge in [-0.2, -0.15) is 0 Å². The first-order chi connectivity index (χ1) is 21.8. The summed E-state index contributed by atoms with van der Waals surface area (Å²) in [6.45, 7) is 7.53. The standard InChI is InChI=1S/C32H34N4O9/c1-8-42-31(37)20(32(38)43-9-2)15-33-35-30-29-26(18-12-24(39-5)25(40-6)14-23(18)45-29)27(34-36-30)17-10-11-21-19(28(17)41-7)13-22(44-21)16(3)4/h10-16,33H,8-9H2,1-7H3,(H,35,36). The Morgan fingerprint density at radius 3 is 2.18 bits per heavy atom. The molecule has 0 aliphatic rings. The van der Waals surface area contributed by atoms with E-state index in [0.717, 1.165) is 17.3 Å². The fourth-order valence-electron chi connectivity index (χ4n) is 4.88. The van der Waals surface area contributed by atoms with Crippen molar-refractivity contribution in [3.05, 3.63) is 47.9 Å². The minimum absolute atomic E-state index is 0.0787. The maximum Gasteiger partial charge on any atom is 0.347 e. The lowest BCUT2D eigenvalue weighted by Crippen LogP contribution is -2.24. The molecule has 5 aromatic rings. The van der Waals surface area contributed by atoms with E-state index >= 15 is 0 Å². The van der Waals surface area contributed by atoms with Crippen LogP contribution in [-0.2, 0) is 19.1 Å². The van der Waals surface area contributed by atoms with Crippen LogP contribution in [-0.4, -0.2) is 56.7 Å². The number of anilines is 1. The Balaban J connectivity index is 1.69. The zero-order valence-corrected chi connectivity index (χ0v) is 26.0. The highest BCUT2D eigenvalue weighted by Crippen LogP contribution is 2.46. The van der Waals surface area contributed by atoms with Crippen molar-refractivity contribution in [3.8, 4) is 28.5 Å². The van der Waals surface area contributed by atoms with E-state index in [1.807, 2.05) is 18.2 Å². The molecule has 13 nitrogen and oxygen atoms in total. The number of carbonyl (C=O) groups excluding carboxylic acids is 2. The third-order valence-electron chi connectivity index (χ3n) is 6.99. The van der Waals surface area contributed by atoms with Crippen LogP contribution in [0.3, 0.4) is 0 Å². The number of carbonyl (C=O) groups is 2. The second kappa shape index (κ2) is 13.0. The first-order valence-electron chi connectivity index (χ1n) is 14.3. The normalized spacial score (nSPS) is 11.1. The van der Waals surface area contributed by atoms with E-state index in [4.69, 9.17) is 32.5 Å². The molecule has 0 radical (unpaired) electrons. The topological polar surface area (TPSA) is 156 Å². The van der Waals surface area contributed by atoms with Gasteiger partial charge in [-0.25, -0.2) is 9.59 Å². The summed E-state index contributed by atoms with van der Waals surface area (Å²) >= 11 is 0. The van der Waals surface area contributed by atoms with Crippen molar-refractivity contribution in [1.82, 2.24) is 15.6 Å². The van der Waals surface area contributed by atoms with Crippen LogP contribution < -0.4 is 25.1 Å². The first-order valence-corrected chi connectivity index (χ1v) is 14.3. The smallest absolute Gasteiger partial charge is 0.347 e. The molecule has 0 bridgehead atoms. The predicted molar refractivity (Wildman–Crippen MR) is 166 cm³/mol. The van der Waals surface area contributed by atoms with Crippen molar-refractivity contribution in [3.63, 3.8) is 0 Å². The summed E-state index contributed by atoms with van der Waals surface area (Å²) in [6, 6.07) is 9.19. The van der Waals surface area contributed by atoms with Crippen LogP contribution >= 0.6 is 0 Å². The van der Waals surface area contributed by atoms with E-state index in [-0.39, 0.29) is 30.5 Å². The molecule has 0 saturated carbocycles. The minimum atomic E-state index is -0.845. The molecule has 13 heteroatoms. The Labute approximate surface area is 258 Å². The number of furan rings is 2. The fraction of sp³-hybridized carbons (Fsp3) is 0.312. The number of nitrogens with zero attached hydrogens (tertiary/aromatic N) is 2. The molecule has 3 aromatic heterocycles. The number of hydrazine groups is 1. The number of hydrogen-bond acceptors (Lipinski definition) is 13. The summed E-state index contributed by atoms with van der Waals surface area (Å²) in [7, 11) is 4.66. The number of fused-ring (bicyclic) bond motifs is 4. The van der Waals surface area contributed by atoms with E-state index in [1.165, 1.54) is 7.11 Å². The Morgan fingerprint density at radius 2 is 1.56 bits per heavy atom. The molecule has 0 amide bonds. The lowest BCUT2D eigenvalue weighted by molar-refractivity contribution is -0.146. The Bertz CT molecular complexity index is 1900. The molecule has 2 N–H and O–H groups in total. The Hall–Kier alpha value is -5.46. The second-order valence-corrected chi connectivity index (χ2v) is 10.0. The number of methoxy groups -OCH3 is 3. The number of esters is 2. The molecule has 3 heterocycles. The molecule has 0 spiro atoms. The molecule has 0 unspecified atom stereocenters. The zero-order chi connectivity index (χ0) is 32.2. The largest absolute Gasteiger partial charge is 0.495 e. The summed E-state index contributed by atoms with van der Waals surface area (Å²) in [5.74, 6) is 0.987. The van der Waals surface area contributed by atoms with Crippen molar-refractivity contribution in [2.24, 2.45) is 0 Å². The molecule has 0 fully saturated rings. The van der Waals surface area contributed by atoms with Gasteiger partial charge in [-0.05, 0) is 38.1 Å². The van der Waals surface area contributed by atoms with Crippen LogP contribution in [0.4, 0.5) is 5.82 Å². The van der Waals surface area contributed by atoms with E-state index < -0.39 is 11.9 Å². The van der Waals surface area contributed by atoms with Crippen LogP contribution in [0, 0.1) is 0 Å². The number of hydrogen-bond donors (Lipinski definition) is 2. The Kier molecular flexibility index (Phi) is 8.98. The van der Waals surface area contributed by atoms with Gasteiger partial charge in [0.2, 0.25) is 5.82 Å². The van der Waals surface area contributed by atoms with Crippen LogP contribution in [0.5, 0.6) is 17.2 Å². The molecule has 2 aromatic carbocycles. The number of benzene rings is 2. The molecular weight excluding hydrogens is 584 g/mol. The molecule has 0 aliphatic heterocycles. The van der Waals surface area contributed by atoms with Crippen molar-refractivity contribution in [2.75, 3.05) is 40.0 Å². The summed E-state index contributed by atoms with van der Waals surface area (Å²) < 4.78 is 39.3. The van der Waals surface area contributed by atoms with E-state index in [0.29, 0.717) is 56.0 Å². The lowest BCUT2D eigenvalue weighted by Gasteiger charge is -2.12. The quantitative estimate of drug-likeness (QED) is 0.0563. The maximum absolute atomic E-state index is 12.4. The van der Waals surface area contributed by atoms with Gasteiger partial charge in [0.05, 0.1) is 45.3 Å². The van der Waals surface area contributed by atoms with Gasteiger partial charge in [-0.15, -0.1) is 10.2 Å². The van der Waals surface area contributed by atoms with E-state index in [2.05, 4.69) is 34.9 Å². The molecule has 0 atom stereocenters. The van der Waals surface area contributed by atoms with Gasteiger partial charge in [-0.1, -0.05) is 13.8 Å². The second-order valence-electron chi connectivity index (χ2n) is 10.0. The van der Waals surface area contributed by atoms with E-state index in [9.17, 15) is 9.59 Å². The van der Waals surface area contributed by atoms with Gasteiger partial charge >= 0.3 is 11.9 Å². The zero-order valence-electron chi connectivity index (χ0n) is 26.0. The van der Waals surface area contributed by atoms with Gasteiger partial charge in [0, 0.05) is 29.1 Å². The Morgan fingerprint density at radius 1 is 0.867 bits per heavy atom. The average Bonchev–Trinajstić information content (AvgIpc) is 3.64. The SMILES string of the molecule is CCOC(=O)C(=CNNc1nnc(-c2ccc3oc(C(C)C)cc3c2OC)c2c1oc1cc(OC)c(OC)cc12)C(=O)OCC. The highest BCUT2D eigenvalue weighted by molar-refractivity contribution is 6.16. The van der Waals surface area contributed by atoms with Crippen molar-refractivity contribution >= 4 is 50.7 Å². The van der Waals surface area contributed by atoms with Crippen LogP contribution in [0.15, 0.2) is 50.9 Å². The number of rotatable bonds is 12. The van der Waals surface area contributed by atoms with Crippen molar-refractivity contribution in [2.45, 2.75) is 33.6 Å². The van der Waals surface area contributed by atoms with Crippen LogP contribution in [0.2, 0.25) is 0 Å². The summed E-state index contributed by atoms with van der Waals surface area (Å²) in [5.41, 5.74) is 7.84. The molecule has 236 valence electrons. The summed E-state index contributed by atoms with van der Waals surface area (Å²) in [5, 5.41) is 11.0. The minimum Gasteiger partial charge on any atom is -0.495 e. The van der Waals surface area contributed by atoms with Gasteiger partial charge in [0.25, 0.3) is 0 Å². The van der Waals surface area contributed by atoms with Crippen LogP contribution in [0.25, 0.3) is 44.2 Å². The van der Waals surface area contributed by atoms with Gasteiger partial charge in [0.15, 0.2) is 22.7 Å². The van der Waals surface area contributed by atoms with Crippen LogP contribution in [0.1, 0.15) is 39.4 Å². The third kappa shape index (κ3) is 5.76. The highest BCUT2D eigenvalue weighted by atomic mass is 16.6. The lowest BCUT2D eigenvalue weighted by atomic mass is 10.0. The molecule has 0 aliphatic carbocycles. The molecule has 5 rings (SSSR count). The molecule has 0 saturated heterocycles. The monoisotopic (exact) mass is 618 g/mol. The number of aromatic nitrogens is 2. The number of ether oxygens (including phenoxy) is 5. The average molecular weight is 619 g/mol. The molecular formula is C32H34N4O9. The van der Waals surface area contributed by atoms with Crippen molar-refractivity contribution < 1.29 is 42.1 Å². The van der Waals surface area contributed by atoms with E-state index in [1.54, 1.807) is 40.2 Å². The fourth-order valence-corrected chi connectivity index (χ4v) is 4.88. The highest BCUT2D eigenvalue weighted by Gasteiger charge is 2.25. The van der Waals surface area contributed by atoms with Crippen molar-refractivity contribution in [1.29, 1.82) is 0 Å². The summed E-state index contributed by atoms with van der Waals surface area (Å²) in [4.78, 5) is 24.8. The van der Waals surface area contributed by atoms with Gasteiger partial charge in [0.1, 0.15) is 28.4 Å². The maximum atomic E-state index is 12.4. The van der Waals surface area contributed by atoms with Gasteiger partial charge in [-0.3, -0.25) is 5.43 Å². The summed E-state index contributed by atoms with van der Waals surface area (Å²) in [6.07, 6.45) is 1.13. The predicted octanol–water partition coefficient (Wildman–Crippen LogP) is 5.87. The number of nitrogens with one attached hydrogen (secondary N) is 2. The first kappa shape index (κ1) is 31.0. The third-order valence-corrected chi connectivity index (χ3v) is 6.99.